The molecule has 0 amide bonds. The summed E-state index contributed by atoms with van der Waals surface area (Å²) < 4.78 is 0. The van der Waals surface area contributed by atoms with Crippen molar-refractivity contribution < 1.29 is 5.11 Å². The normalized spacial score (nSPS) is 18.3. The van der Waals surface area contributed by atoms with Crippen LogP contribution in [0, 0.1) is 0 Å². The molecule has 2 N–H and O–H groups in total. The summed E-state index contributed by atoms with van der Waals surface area (Å²) >= 11 is 0. The molecule has 1 aromatic carbocycles. The molecule has 116 valence electrons. The zero-order chi connectivity index (χ0) is 15.1. The van der Waals surface area contributed by atoms with E-state index < -0.39 is 5.60 Å². The van der Waals surface area contributed by atoms with Gasteiger partial charge < -0.3 is 15.3 Å². The highest BCUT2D eigenvalue weighted by Crippen LogP contribution is 2.27. The molecule has 0 heterocycles. The summed E-state index contributed by atoms with van der Waals surface area (Å²) in [5, 5.41) is 13.9. The van der Waals surface area contributed by atoms with Crippen LogP contribution in [0.25, 0.3) is 0 Å². The Kier molecular flexibility index (Phi) is 5.62. The Hall–Kier alpha value is -1.55. The monoisotopic (exact) mass is 289 g/mol. The summed E-state index contributed by atoms with van der Waals surface area (Å²) in [6.45, 7) is 1.23. The lowest BCUT2D eigenvalue weighted by atomic mass is 9.85. The van der Waals surface area contributed by atoms with E-state index in [1.54, 1.807) is 0 Å². The Morgan fingerprint density at radius 3 is 2.48 bits per heavy atom. The smallest absolute Gasteiger partial charge is 0.193 e. The predicted molar refractivity (Wildman–Crippen MR) is 87.3 cm³/mol. The molecule has 21 heavy (non-hydrogen) atoms. The van der Waals surface area contributed by atoms with Gasteiger partial charge in [-0.15, -0.1) is 0 Å². The first-order valence-electron chi connectivity index (χ1n) is 7.81. The fourth-order valence-electron chi connectivity index (χ4n) is 2.74. The Bertz CT molecular complexity index is 450. The van der Waals surface area contributed by atoms with Crippen molar-refractivity contribution >= 4 is 5.96 Å². The van der Waals surface area contributed by atoms with E-state index >= 15 is 0 Å². The van der Waals surface area contributed by atoms with Gasteiger partial charge in [0.1, 0.15) is 0 Å². The highest BCUT2D eigenvalue weighted by molar-refractivity contribution is 5.79. The minimum Gasteiger partial charge on any atom is -0.388 e. The summed E-state index contributed by atoms with van der Waals surface area (Å²) in [6.07, 6.45) is 5.26. The Morgan fingerprint density at radius 2 is 1.86 bits per heavy atom. The van der Waals surface area contributed by atoms with Gasteiger partial charge in [0.15, 0.2) is 5.96 Å². The molecule has 0 radical (unpaired) electrons. The first-order chi connectivity index (χ1) is 10.1. The lowest BCUT2D eigenvalue weighted by Gasteiger charge is -2.33. The van der Waals surface area contributed by atoms with Crippen LogP contribution in [0.15, 0.2) is 35.3 Å². The fourth-order valence-corrected chi connectivity index (χ4v) is 2.74. The molecule has 1 aliphatic rings. The van der Waals surface area contributed by atoms with Crippen LogP contribution in [0.2, 0.25) is 0 Å². The van der Waals surface area contributed by atoms with Gasteiger partial charge in [0.2, 0.25) is 0 Å². The summed E-state index contributed by atoms with van der Waals surface area (Å²) in [5.74, 6) is 0.831. The van der Waals surface area contributed by atoms with E-state index in [9.17, 15) is 5.11 Å². The summed E-state index contributed by atoms with van der Waals surface area (Å²) in [4.78, 5) is 6.60. The van der Waals surface area contributed by atoms with Crippen molar-refractivity contribution in [1.29, 1.82) is 0 Å². The number of rotatable bonds is 4. The van der Waals surface area contributed by atoms with Crippen LogP contribution in [-0.4, -0.2) is 42.2 Å². The van der Waals surface area contributed by atoms with Gasteiger partial charge in [-0.2, -0.15) is 0 Å². The van der Waals surface area contributed by atoms with Crippen LogP contribution in [-0.2, 0) is 6.54 Å². The number of aliphatic imine (C=N–C) groups is 1. The van der Waals surface area contributed by atoms with Crippen LogP contribution < -0.4 is 5.32 Å². The van der Waals surface area contributed by atoms with E-state index in [1.165, 1.54) is 12.0 Å². The summed E-state index contributed by atoms with van der Waals surface area (Å²) in [5.41, 5.74) is 0.622. The molecule has 1 aromatic rings. The molecule has 1 saturated carbocycles. The number of hydrogen-bond donors (Lipinski definition) is 2. The highest BCUT2D eigenvalue weighted by Gasteiger charge is 2.29. The number of guanidine groups is 1. The standard InChI is InChI=1S/C17H27N3O/c1-20(2)16(18-13-15-9-5-3-6-10-15)19-14-17(21)11-7-4-8-12-17/h3,5-6,9-10,21H,4,7-8,11-14H2,1-2H3,(H,18,19). The van der Waals surface area contributed by atoms with E-state index in [0.29, 0.717) is 13.1 Å². The Labute approximate surface area is 127 Å². The van der Waals surface area contributed by atoms with Crippen LogP contribution in [0.1, 0.15) is 37.7 Å². The molecular formula is C17H27N3O. The lowest BCUT2D eigenvalue weighted by molar-refractivity contribution is 0.00828. The van der Waals surface area contributed by atoms with E-state index in [4.69, 9.17) is 0 Å². The van der Waals surface area contributed by atoms with Crippen molar-refractivity contribution in [1.82, 2.24) is 10.2 Å². The van der Waals surface area contributed by atoms with E-state index in [2.05, 4.69) is 22.4 Å². The first kappa shape index (κ1) is 15.8. The molecule has 0 aromatic heterocycles. The quantitative estimate of drug-likeness (QED) is 0.661. The van der Waals surface area contributed by atoms with Gasteiger partial charge in [0, 0.05) is 20.6 Å². The average Bonchev–Trinajstić information content (AvgIpc) is 2.48. The zero-order valence-corrected chi connectivity index (χ0v) is 13.2. The number of nitrogens with zero attached hydrogens (tertiary/aromatic N) is 2. The van der Waals surface area contributed by atoms with Gasteiger partial charge in [-0.25, -0.2) is 4.99 Å². The second-order valence-corrected chi connectivity index (χ2v) is 6.16. The maximum absolute atomic E-state index is 10.6. The van der Waals surface area contributed by atoms with Gasteiger partial charge in [-0.05, 0) is 18.4 Å². The second kappa shape index (κ2) is 7.46. The minimum atomic E-state index is -0.568. The van der Waals surface area contributed by atoms with Crippen molar-refractivity contribution in [2.75, 3.05) is 20.6 Å². The lowest BCUT2D eigenvalue weighted by Crippen LogP contribution is -2.47. The Morgan fingerprint density at radius 1 is 1.19 bits per heavy atom. The molecule has 0 spiro atoms. The second-order valence-electron chi connectivity index (χ2n) is 6.16. The third-order valence-corrected chi connectivity index (χ3v) is 4.04. The van der Waals surface area contributed by atoms with Crippen LogP contribution >= 0.6 is 0 Å². The number of hydrogen-bond acceptors (Lipinski definition) is 2. The van der Waals surface area contributed by atoms with Gasteiger partial charge in [0.25, 0.3) is 0 Å². The van der Waals surface area contributed by atoms with E-state index in [1.807, 2.05) is 37.2 Å². The predicted octanol–water partition coefficient (Wildman–Crippen LogP) is 2.39. The molecule has 2 rings (SSSR count). The van der Waals surface area contributed by atoms with Gasteiger partial charge in [0.05, 0.1) is 12.1 Å². The fraction of sp³-hybridized carbons (Fsp3) is 0.588. The molecule has 1 aliphatic carbocycles. The van der Waals surface area contributed by atoms with Gasteiger partial charge in [-0.1, -0.05) is 49.6 Å². The molecule has 0 atom stereocenters. The molecule has 0 aliphatic heterocycles. The van der Waals surface area contributed by atoms with Crippen LogP contribution in [0.4, 0.5) is 0 Å². The molecule has 0 bridgehead atoms. The largest absolute Gasteiger partial charge is 0.388 e. The third kappa shape index (κ3) is 5.05. The van der Waals surface area contributed by atoms with Gasteiger partial charge in [-0.3, -0.25) is 0 Å². The number of benzene rings is 1. The third-order valence-electron chi connectivity index (χ3n) is 4.04. The SMILES string of the molecule is CN(C)C(=NCc1ccccc1)NCC1(O)CCCCC1. The summed E-state index contributed by atoms with van der Waals surface area (Å²) in [7, 11) is 3.95. The topological polar surface area (TPSA) is 47.9 Å². The minimum absolute atomic E-state index is 0.568. The highest BCUT2D eigenvalue weighted by atomic mass is 16.3. The zero-order valence-electron chi connectivity index (χ0n) is 13.2. The van der Waals surface area contributed by atoms with E-state index in [0.717, 1.165) is 31.6 Å². The van der Waals surface area contributed by atoms with E-state index in [-0.39, 0.29) is 0 Å². The van der Waals surface area contributed by atoms with Crippen LogP contribution in [0.3, 0.4) is 0 Å². The molecule has 4 heteroatoms. The van der Waals surface area contributed by atoms with Gasteiger partial charge >= 0.3 is 0 Å². The maximum atomic E-state index is 10.6. The van der Waals surface area contributed by atoms with Crippen molar-refractivity contribution in [3.8, 4) is 0 Å². The molecule has 0 unspecified atom stereocenters. The maximum Gasteiger partial charge on any atom is 0.193 e. The van der Waals surface area contributed by atoms with Crippen molar-refractivity contribution in [3.05, 3.63) is 35.9 Å². The molecule has 0 saturated heterocycles. The number of aliphatic hydroxyl groups is 1. The first-order valence-corrected chi connectivity index (χ1v) is 7.81. The number of nitrogens with one attached hydrogen (secondary N) is 1. The van der Waals surface area contributed by atoms with Crippen molar-refractivity contribution in [2.45, 2.75) is 44.2 Å². The van der Waals surface area contributed by atoms with Crippen molar-refractivity contribution in [2.24, 2.45) is 4.99 Å². The van der Waals surface area contributed by atoms with Crippen molar-refractivity contribution in [3.63, 3.8) is 0 Å². The molecule has 1 fully saturated rings. The summed E-state index contributed by atoms with van der Waals surface area (Å²) in [6, 6.07) is 10.2. The Balaban J connectivity index is 1.92. The molecule has 4 nitrogen and oxygen atoms in total. The molecular weight excluding hydrogens is 262 g/mol. The average molecular weight is 289 g/mol. The van der Waals surface area contributed by atoms with Crippen LogP contribution in [0.5, 0.6) is 0 Å².